The average Bonchev–Trinajstić information content (AvgIpc) is 3.39. The minimum atomic E-state index is -4.63. The summed E-state index contributed by atoms with van der Waals surface area (Å²) in [5, 5.41) is 8.49. The van der Waals surface area contributed by atoms with Gasteiger partial charge in [-0.2, -0.15) is 13.2 Å². The maximum atomic E-state index is 14.3. The zero-order valence-electron chi connectivity index (χ0n) is 26.8. The minimum absolute atomic E-state index is 0.0197. The highest BCUT2D eigenvalue weighted by molar-refractivity contribution is 5.98. The van der Waals surface area contributed by atoms with Gasteiger partial charge in [-0.05, 0) is 47.9 Å². The van der Waals surface area contributed by atoms with Crippen molar-refractivity contribution < 1.29 is 36.7 Å². The number of primary amides is 1. The molecule has 0 fully saturated rings. The number of para-hydroxylation sites is 1. The van der Waals surface area contributed by atoms with Gasteiger partial charge in [0.25, 0.3) is 0 Å². The van der Waals surface area contributed by atoms with Gasteiger partial charge in [-0.25, -0.2) is 4.39 Å². The topological polar surface area (TPSA) is 146 Å². The predicted molar refractivity (Wildman–Crippen MR) is 168 cm³/mol. The first-order chi connectivity index (χ1) is 22.1. The second-order valence-electron chi connectivity index (χ2n) is 12.5. The number of halogens is 4. The molecule has 9 nitrogen and oxygen atoms in total. The summed E-state index contributed by atoms with van der Waals surface area (Å²) < 4.78 is 55.9. The molecule has 47 heavy (non-hydrogen) atoms. The Morgan fingerprint density at radius 1 is 0.957 bits per heavy atom. The fourth-order valence-electron chi connectivity index (χ4n) is 6.13. The van der Waals surface area contributed by atoms with Crippen LogP contribution in [0.15, 0.2) is 42.5 Å². The van der Waals surface area contributed by atoms with E-state index in [4.69, 9.17) is 5.73 Å². The molecule has 0 aliphatic heterocycles. The summed E-state index contributed by atoms with van der Waals surface area (Å²) in [4.78, 5) is 56.5. The second kappa shape index (κ2) is 14.1. The fourth-order valence-corrected chi connectivity index (χ4v) is 6.13. The molecule has 0 radical (unpaired) electrons. The van der Waals surface area contributed by atoms with E-state index in [2.05, 4.69) is 20.9 Å². The number of rotatable bonds is 12. The quantitative estimate of drug-likeness (QED) is 0.183. The smallest absolute Gasteiger partial charge is 0.368 e. The highest BCUT2D eigenvalue weighted by atomic mass is 19.4. The van der Waals surface area contributed by atoms with E-state index >= 15 is 0 Å². The number of aromatic amines is 1. The van der Waals surface area contributed by atoms with Gasteiger partial charge in [-0.15, -0.1) is 0 Å². The molecule has 2 aromatic carbocycles. The maximum absolute atomic E-state index is 14.3. The summed E-state index contributed by atoms with van der Waals surface area (Å²) in [6.07, 6.45) is -4.10. The number of H-pyrrole nitrogens is 1. The van der Waals surface area contributed by atoms with Crippen LogP contribution < -0.4 is 21.7 Å². The number of hydrogen-bond acceptors (Lipinski definition) is 4. The number of aromatic nitrogens is 1. The summed E-state index contributed by atoms with van der Waals surface area (Å²) in [7, 11) is 0. The first kappa shape index (κ1) is 35.4. The maximum Gasteiger partial charge on any atom is 0.418 e. The predicted octanol–water partition coefficient (Wildman–Crippen LogP) is 4.46. The van der Waals surface area contributed by atoms with Crippen LogP contribution in [0.25, 0.3) is 10.9 Å². The lowest BCUT2D eigenvalue weighted by Gasteiger charge is -2.39. The highest BCUT2D eigenvalue weighted by Gasteiger charge is 2.47. The summed E-state index contributed by atoms with van der Waals surface area (Å²) in [5.41, 5.74) is 4.01. The number of carbonyl (C=O) groups excluding carboxylic acids is 4. The monoisotopic (exact) mass is 659 g/mol. The largest absolute Gasteiger partial charge is 0.418 e. The molecule has 1 aliphatic rings. The van der Waals surface area contributed by atoms with Crippen molar-refractivity contribution in [2.24, 2.45) is 17.6 Å². The van der Waals surface area contributed by atoms with Crippen LogP contribution in [0.3, 0.4) is 0 Å². The van der Waals surface area contributed by atoms with Crippen molar-refractivity contribution in [2.75, 3.05) is 0 Å². The normalized spacial score (nSPS) is 18.8. The lowest BCUT2D eigenvalue weighted by Crippen LogP contribution is -2.67. The van der Waals surface area contributed by atoms with Gasteiger partial charge in [0.2, 0.25) is 23.6 Å². The lowest BCUT2D eigenvalue weighted by molar-refractivity contribution is -0.138. The molecule has 1 aliphatic carbocycles. The van der Waals surface area contributed by atoms with Crippen LogP contribution in [0.5, 0.6) is 0 Å². The number of nitrogens with one attached hydrogen (secondary N) is 4. The Bertz CT molecular complexity index is 1650. The Labute approximate surface area is 270 Å². The number of hydrogen-bond donors (Lipinski definition) is 5. The van der Waals surface area contributed by atoms with Crippen LogP contribution >= 0.6 is 0 Å². The van der Waals surface area contributed by atoms with Crippen LogP contribution in [0, 0.1) is 17.7 Å². The molecular formula is C34H41F4N5O4. The van der Waals surface area contributed by atoms with E-state index in [1.807, 2.05) is 13.8 Å². The number of alkyl halides is 3. The minimum Gasteiger partial charge on any atom is -0.368 e. The Balaban J connectivity index is 1.72. The Kier molecular flexibility index (Phi) is 10.7. The van der Waals surface area contributed by atoms with Crippen molar-refractivity contribution in [3.63, 3.8) is 0 Å². The van der Waals surface area contributed by atoms with Crippen molar-refractivity contribution in [2.45, 2.75) is 90.0 Å². The van der Waals surface area contributed by atoms with E-state index in [1.165, 1.54) is 30.3 Å². The highest BCUT2D eigenvalue weighted by Crippen LogP contribution is 2.40. The Hall–Kier alpha value is -4.42. The van der Waals surface area contributed by atoms with Crippen LogP contribution in [-0.2, 0) is 44.6 Å². The summed E-state index contributed by atoms with van der Waals surface area (Å²) >= 11 is 0. The SMILES string of the molecule is CCC(C)[C@H](NC(=O)Cc1ccccc1F)C(=O)N[C@]1(C(=O)NC(C(N)=O)[C@@H](C)CC)CCc2[nH]c3c(C(F)(F)F)cccc3c2C1. The number of nitrogens with two attached hydrogens (primary N) is 1. The van der Waals surface area contributed by atoms with E-state index in [0.29, 0.717) is 24.1 Å². The third-order valence-electron chi connectivity index (χ3n) is 9.34. The molecule has 3 aromatic rings. The van der Waals surface area contributed by atoms with Crippen molar-refractivity contribution in [1.29, 1.82) is 0 Å². The lowest BCUT2D eigenvalue weighted by atomic mass is 9.78. The van der Waals surface area contributed by atoms with Gasteiger partial charge in [0.05, 0.1) is 17.5 Å². The molecule has 1 aromatic heterocycles. The number of fused-ring (bicyclic) bond motifs is 3. The third-order valence-corrected chi connectivity index (χ3v) is 9.34. The Morgan fingerprint density at radius 3 is 2.23 bits per heavy atom. The van der Waals surface area contributed by atoms with E-state index in [9.17, 15) is 36.7 Å². The van der Waals surface area contributed by atoms with Crippen molar-refractivity contribution in [3.05, 3.63) is 70.7 Å². The van der Waals surface area contributed by atoms with Gasteiger partial charge in [0, 0.05) is 17.5 Å². The van der Waals surface area contributed by atoms with E-state index in [0.717, 1.165) is 6.07 Å². The van der Waals surface area contributed by atoms with E-state index in [1.54, 1.807) is 19.9 Å². The zero-order valence-corrected chi connectivity index (χ0v) is 26.8. The van der Waals surface area contributed by atoms with Crippen molar-refractivity contribution >= 4 is 34.5 Å². The van der Waals surface area contributed by atoms with Crippen LogP contribution in [0.4, 0.5) is 17.6 Å². The zero-order chi connectivity index (χ0) is 34.7. The third kappa shape index (κ3) is 7.60. The van der Waals surface area contributed by atoms with Gasteiger partial charge in [-0.1, -0.05) is 70.9 Å². The molecule has 254 valence electrons. The molecule has 0 saturated heterocycles. The van der Waals surface area contributed by atoms with Gasteiger partial charge >= 0.3 is 6.18 Å². The molecule has 5 atom stereocenters. The van der Waals surface area contributed by atoms with Crippen molar-refractivity contribution in [3.8, 4) is 0 Å². The van der Waals surface area contributed by atoms with Gasteiger partial charge in [0.1, 0.15) is 23.4 Å². The van der Waals surface area contributed by atoms with Crippen LogP contribution in [0.2, 0.25) is 0 Å². The number of amides is 4. The van der Waals surface area contributed by atoms with Crippen LogP contribution in [-0.4, -0.2) is 46.2 Å². The van der Waals surface area contributed by atoms with Crippen molar-refractivity contribution in [1.82, 2.24) is 20.9 Å². The van der Waals surface area contributed by atoms with Gasteiger partial charge < -0.3 is 26.7 Å². The van der Waals surface area contributed by atoms with E-state index in [-0.39, 0.29) is 48.1 Å². The van der Waals surface area contributed by atoms with E-state index < -0.39 is 64.7 Å². The van der Waals surface area contributed by atoms with Gasteiger partial charge in [0.15, 0.2) is 0 Å². The Morgan fingerprint density at radius 2 is 1.62 bits per heavy atom. The molecule has 4 rings (SSSR count). The second-order valence-corrected chi connectivity index (χ2v) is 12.5. The molecule has 6 N–H and O–H groups in total. The average molecular weight is 660 g/mol. The molecule has 0 saturated carbocycles. The molecule has 0 bridgehead atoms. The molecular weight excluding hydrogens is 618 g/mol. The first-order valence-corrected chi connectivity index (χ1v) is 15.8. The molecule has 13 heteroatoms. The summed E-state index contributed by atoms with van der Waals surface area (Å²) in [6, 6.07) is 7.33. The molecule has 4 amide bonds. The molecule has 2 unspecified atom stereocenters. The number of benzene rings is 2. The standard InChI is InChI=1S/C34H41F4N5O4/c1-5-18(3)27(30(39)45)42-32(47)33(15-14-25-22(17-33)21-11-9-12-23(29(21)40-25)34(36,37)38)43-31(46)28(19(4)6-2)41-26(44)16-20-10-7-8-13-24(20)35/h7-13,18-19,27-28,40H,5-6,14-17H2,1-4H3,(H2,39,45)(H,41,44)(H,42,47)(H,43,46)/t18-,19?,27?,28-,33+/m0/s1. The summed E-state index contributed by atoms with van der Waals surface area (Å²) in [6.45, 7) is 7.12. The van der Waals surface area contributed by atoms with Gasteiger partial charge in [-0.3, -0.25) is 19.2 Å². The molecule has 1 heterocycles. The number of aryl methyl sites for hydroxylation is 1. The number of carbonyl (C=O) groups is 4. The fraction of sp³-hybridized carbons (Fsp3) is 0.471. The first-order valence-electron chi connectivity index (χ1n) is 15.8. The van der Waals surface area contributed by atoms with Crippen LogP contribution in [0.1, 0.15) is 69.3 Å². The summed E-state index contributed by atoms with van der Waals surface area (Å²) in [5.74, 6) is -4.14. The molecule has 0 spiro atoms.